The number of esters is 1. The van der Waals surface area contributed by atoms with Crippen molar-refractivity contribution in [2.24, 2.45) is 0 Å². The van der Waals surface area contributed by atoms with Crippen LogP contribution in [0, 0.1) is 0 Å². The monoisotopic (exact) mass is 417 g/mol. The van der Waals surface area contributed by atoms with E-state index in [0.29, 0.717) is 12.2 Å². The van der Waals surface area contributed by atoms with Crippen molar-refractivity contribution in [3.05, 3.63) is 54.6 Å². The summed E-state index contributed by atoms with van der Waals surface area (Å²) in [6.07, 6.45) is 0.401. The average Bonchev–Trinajstić information content (AvgIpc) is 3.10. The molecule has 0 aromatic heterocycles. The third kappa shape index (κ3) is 5.57. The van der Waals surface area contributed by atoms with Gasteiger partial charge < -0.3 is 14.4 Å². The molecular weight excluding hydrogens is 394 g/mol. The number of hydrogen-bond acceptors (Lipinski definition) is 6. The van der Waals surface area contributed by atoms with Crippen LogP contribution >= 0.6 is 0 Å². The van der Waals surface area contributed by atoms with Gasteiger partial charge in [0.25, 0.3) is 5.91 Å². The lowest BCUT2D eigenvalue weighted by atomic mass is 10.1. The van der Waals surface area contributed by atoms with Crippen molar-refractivity contribution in [2.45, 2.75) is 12.5 Å². The van der Waals surface area contributed by atoms with E-state index in [0.717, 1.165) is 11.1 Å². The van der Waals surface area contributed by atoms with Gasteiger partial charge in [0.05, 0.1) is 11.5 Å². The molecule has 0 saturated carbocycles. The number of carbonyl (C=O) groups excluding carboxylic acids is 2. The zero-order chi connectivity index (χ0) is 20.9. The summed E-state index contributed by atoms with van der Waals surface area (Å²) in [7, 11) is -1.57. The van der Waals surface area contributed by atoms with E-state index in [1.54, 1.807) is 12.1 Å². The van der Waals surface area contributed by atoms with Gasteiger partial charge in [0.15, 0.2) is 23.1 Å². The van der Waals surface area contributed by atoms with Crippen molar-refractivity contribution >= 4 is 21.7 Å². The summed E-state index contributed by atoms with van der Waals surface area (Å²) in [5.74, 6) is -0.555. The molecule has 1 fully saturated rings. The number of benzene rings is 2. The van der Waals surface area contributed by atoms with Crippen LogP contribution in [0.5, 0.6) is 5.75 Å². The first kappa shape index (κ1) is 20.9. The minimum absolute atomic E-state index is 0.0530. The number of nitrogens with zero attached hydrogens (tertiary/aromatic N) is 1. The van der Waals surface area contributed by atoms with Gasteiger partial charge in [0.1, 0.15) is 5.75 Å². The van der Waals surface area contributed by atoms with Crippen LogP contribution in [-0.4, -0.2) is 63.0 Å². The lowest BCUT2D eigenvalue weighted by molar-refractivity contribution is -0.153. The van der Waals surface area contributed by atoms with Crippen molar-refractivity contribution in [2.75, 3.05) is 31.8 Å². The number of carbonyl (C=O) groups is 2. The molecule has 1 heterocycles. The van der Waals surface area contributed by atoms with E-state index < -0.39 is 28.3 Å². The Morgan fingerprint density at radius 3 is 2.41 bits per heavy atom. The third-order valence-electron chi connectivity index (χ3n) is 4.82. The Hall–Kier alpha value is -2.87. The van der Waals surface area contributed by atoms with E-state index in [1.807, 2.05) is 42.5 Å². The highest BCUT2D eigenvalue weighted by atomic mass is 32.2. The molecule has 3 rings (SSSR count). The van der Waals surface area contributed by atoms with Crippen LogP contribution in [0.3, 0.4) is 0 Å². The molecule has 1 aliphatic heterocycles. The predicted octanol–water partition coefficient (Wildman–Crippen LogP) is 1.92. The first-order valence-corrected chi connectivity index (χ1v) is 11.1. The van der Waals surface area contributed by atoms with Gasteiger partial charge in [-0.15, -0.1) is 0 Å². The quantitative estimate of drug-likeness (QED) is 0.640. The van der Waals surface area contributed by atoms with Gasteiger partial charge in [-0.05, 0) is 18.1 Å². The van der Waals surface area contributed by atoms with Gasteiger partial charge in [-0.1, -0.05) is 48.5 Å². The van der Waals surface area contributed by atoms with Gasteiger partial charge in [0, 0.05) is 18.7 Å². The van der Waals surface area contributed by atoms with E-state index >= 15 is 0 Å². The first-order chi connectivity index (χ1) is 13.9. The van der Waals surface area contributed by atoms with Crippen LogP contribution in [0.1, 0.15) is 6.42 Å². The Labute approximate surface area is 170 Å². The van der Waals surface area contributed by atoms with Crippen molar-refractivity contribution in [3.63, 3.8) is 0 Å². The molecule has 0 spiro atoms. The molecule has 0 N–H and O–H groups in total. The van der Waals surface area contributed by atoms with Crippen LogP contribution in [-0.2, 0) is 24.2 Å². The SMILES string of the molecule is CN(C(=O)COC(=O)COc1ccccc1-c1ccccc1)C1CCS(=O)(=O)C1. The first-order valence-electron chi connectivity index (χ1n) is 9.25. The molecule has 7 nitrogen and oxygen atoms in total. The van der Waals surface area contributed by atoms with Gasteiger partial charge >= 0.3 is 5.97 Å². The topological polar surface area (TPSA) is 90.0 Å². The lowest BCUT2D eigenvalue weighted by Crippen LogP contribution is -2.40. The molecule has 8 heteroatoms. The van der Waals surface area contributed by atoms with Crippen molar-refractivity contribution in [1.29, 1.82) is 0 Å². The highest BCUT2D eigenvalue weighted by molar-refractivity contribution is 7.91. The van der Waals surface area contributed by atoms with Crippen molar-refractivity contribution in [3.8, 4) is 16.9 Å². The zero-order valence-corrected chi connectivity index (χ0v) is 16.9. The van der Waals surface area contributed by atoms with E-state index in [2.05, 4.69) is 0 Å². The number of likely N-dealkylation sites (N-methyl/N-ethyl adjacent to an activating group) is 1. The number of sulfone groups is 1. The zero-order valence-electron chi connectivity index (χ0n) is 16.1. The van der Waals surface area contributed by atoms with Gasteiger partial charge in [-0.25, -0.2) is 13.2 Å². The summed E-state index contributed by atoms with van der Waals surface area (Å²) in [4.78, 5) is 25.5. The average molecular weight is 417 g/mol. The van der Waals surface area contributed by atoms with Crippen molar-refractivity contribution in [1.82, 2.24) is 4.90 Å². The Morgan fingerprint density at radius 2 is 1.72 bits per heavy atom. The number of rotatable bonds is 7. The number of para-hydroxylation sites is 1. The second-order valence-electron chi connectivity index (χ2n) is 6.87. The van der Waals surface area contributed by atoms with E-state index in [4.69, 9.17) is 9.47 Å². The second kappa shape index (κ2) is 9.09. The smallest absolute Gasteiger partial charge is 0.344 e. The molecular formula is C21H23NO6S. The molecule has 0 bridgehead atoms. The molecule has 0 aliphatic carbocycles. The second-order valence-corrected chi connectivity index (χ2v) is 9.10. The molecule has 0 radical (unpaired) electrons. The molecule has 2 aromatic rings. The molecule has 29 heavy (non-hydrogen) atoms. The van der Waals surface area contributed by atoms with Gasteiger partial charge in [-0.3, -0.25) is 4.79 Å². The van der Waals surface area contributed by atoms with Crippen LogP contribution in [0.4, 0.5) is 0 Å². The molecule has 154 valence electrons. The van der Waals surface area contributed by atoms with E-state index in [9.17, 15) is 18.0 Å². The number of amides is 1. The van der Waals surface area contributed by atoms with Crippen LogP contribution in [0.15, 0.2) is 54.6 Å². The predicted molar refractivity (Wildman–Crippen MR) is 108 cm³/mol. The normalized spacial score (nSPS) is 17.5. The number of ether oxygens (including phenoxy) is 2. The van der Waals surface area contributed by atoms with Crippen LogP contribution in [0.2, 0.25) is 0 Å². The molecule has 1 atom stereocenters. The summed E-state index contributed by atoms with van der Waals surface area (Å²) >= 11 is 0. The Morgan fingerprint density at radius 1 is 1.03 bits per heavy atom. The Balaban J connectivity index is 1.50. The molecule has 1 saturated heterocycles. The summed E-state index contributed by atoms with van der Waals surface area (Å²) in [5.41, 5.74) is 1.80. The highest BCUT2D eigenvalue weighted by Crippen LogP contribution is 2.29. The van der Waals surface area contributed by atoms with Gasteiger partial charge in [-0.2, -0.15) is 0 Å². The lowest BCUT2D eigenvalue weighted by Gasteiger charge is -2.23. The summed E-state index contributed by atoms with van der Waals surface area (Å²) in [6, 6.07) is 16.6. The summed E-state index contributed by atoms with van der Waals surface area (Å²) in [6.45, 7) is -0.784. The minimum Gasteiger partial charge on any atom is -0.481 e. The molecule has 1 aliphatic rings. The Bertz CT molecular complexity index is 974. The molecule has 1 unspecified atom stereocenters. The maximum atomic E-state index is 12.2. The number of hydrogen-bond donors (Lipinski definition) is 0. The van der Waals surface area contributed by atoms with E-state index in [-0.39, 0.29) is 24.2 Å². The highest BCUT2D eigenvalue weighted by Gasteiger charge is 2.32. The van der Waals surface area contributed by atoms with Crippen molar-refractivity contribution < 1.29 is 27.5 Å². The molecule has 1 amide bonds. The molecule has 2 aromatic carbocycles. The van der Waals surface area contributed by atoms with E-state index in [1.165, 1.54) is 11.9 Å². The maximum Gasteiger partial charge on any atom is 0.344 e. The third-order valence-corrected chi connectivity index (χ3v) is 6.57. The maximum absolute atomic E-state index is 12.2. The van der Waals surface area contributed by atoms with Crippen LogP contribution < -0.4 is 4.74 Å². The van der Waals surface area contributed by atoms with Gasteiger partial charge in [0.2, 0.25) is 0 Å². The fourth-order valence-corrected chi connectivity index (χ4v) is 4.93. The van der Waals surface area contributed by atoms with Crippen LogP contribution in [0.25, 0.3) is 11.1 Å². The fourth-order valence-electron chi connectivity index (χ4n) is 3.16. The standard InChI is InChI=1S/C21H23NO6S/c1-22(17-11-12-29(25,26)15-17)20(23)13-28-21(24)14-27-19-10-6-5-9-18(19)16-7-3-2-4-8-16/h2-10,17H,11-15H2,1H3. The summed E-state index contributed by atoms with van der Waals surface area (Å²) in [5, 5.41) is 0. The fraction of sp³-hybridized carbons (Fsp3) is 0.333. The summed E-state index contributed by atoms with van der Waals surface area (Å²) < 4.78 is 33.7. The largest absolute Gasteiger partial charge is 0.481 e. The Kier molecular flexibility index (Phi) is 6.53. The minimum atomic E-state index is -3.09.